The second kappa shape index (κ2) is 7.63. The molecule has 1 heterocycles. The third kappa shape index (κ3) is 5.50. The van der Waals surface area contributed by atoms with E-state index in [2.05, 4.69) is 20.4 Å². The Morgan fingerprint density at radius 2 is 2.04 bits per heavy atom. The van der Waals surface area contributed by atoms with Crippen molar-refractivity contribution in [3.8, 4) is 5.88 Å². The molecule has 5 nitrogen and oxygen atoms in total. The Kier molecular flexibility index (Phi) is 5.79. The average molecular weight is 353 g/mol. The Labute approximate surface area is 134 Å². The molecule has 134 valence electrons. The summed E-state index contributed by atoms with van der Waals surface area (Å²) < 4.78 is 65.3. The minimum Gasteiger partial charge on any atom is -0.417 e. The maximum absolute atomic E-state index is 12.3. The summed E-state index contributed by atoms with van der Waals surface area (Å²) in [5.74, 6) is -1.73. The van der Waals surface area contributed by atoms with Crippen LogP contribution in [-0.4, -0.2) is 30.3 Å². The number of hydrogen-bond donors (Lipinski definition) is 2. The first kappa shape index (κ1) is 18.2. The number of nitrogens with zero attached hydrogens (tertiary/aromatic N) is 1. The van der Waals surface area contributed by atoms with Crippen LogP contribution in [0.3, 0.4) is 0 Å². The minimum atomic E-state index is -4.17. The SMILES string of the molecule is O=C(NCc1ccnc(OC(F)F)c1)NC[C@H]1C[C@@H](C(F)(F)F)C1. The average Bonchev–Trinajstić information content (AvgIpc) is 2.41. The van der Waals surface area contributed by atoms with Crippen molar-refractivity contribution in [3.05, 3.63) is 23.9 Å². The lowest BCUT2D eigenvalue weighted by atomic mass is 9.74. The minimum absolute atomic E-state index is 0.0163. The van der Waals surface area contributed by atoms with Gasteiger partial charge in [-0.2, -0.15) is 22.0 Å². The molecule has 1 saturated carbocycles. The number of nitrogens with one attached hydrogen (secondary N) is 2. The lowest BCUT2D eigenvalue weighted by Gasteiger charge is -2.36. The summed E-state index contributed by atoms with van der Waals surface area (Å²) in [5.41, 5.74) is 0.497. The Morgan fingerprint density at radius 1 is 1.33 bits per heavy atom. The van der Waals surface area contributed by atoms with E-state index in [0.717, 1.165) is 0 Å². The van der Waals surface area contributed by atoms with Crippen molar-refractivity contribution in [1.29, 1.82) is 0 Å². The van der Waals surface area contributed by atoms with Crippen molar-refractivity contribution >= 4 is 6.03 Å². The van der Waals surface area contributed by atoms with Gasteiger partial charge < -0.3 is 15.4 Å². The molecule has 1 aliphatic carbocycles. The van der Waals surface area contributed by atoms with Crippen molar-refractivity contribution in [2.24, 2.45) is 11.8 Å². The van der Waals surface area contributed by atoms with Gasteiger partial charge in [-0.25, -0.2) is 9.78 Å². The molecular weight excluding hydrogens is 337 g/mol. The highest BCUT2D eigenvalue weighted by atomic mass is 19.4. The molecule has 0 saturated heterocycles. The molecule has 1 aromatic heterocycles. The topological polar surface area (TPSA) is 63.2 Å². The molecule has 1 aromatic rings. The molecule has 10 heteroatoms. The van der Waals surface area contributed by atoms with Crippen LogP contribution in [0.5, 0.6) is 5.88 Å². The first-order valence-corrected chi connectivity index (χ1v) is 7.22. The molecule has 0 spiro atoms. The summed E-state index contributed by atoms with van der Waals surface area (Å²) in [4.78, 5) is 15.2. The Balaban J connectivity index is 1.67. The monoisotopic (exact) mass is 353 g/mol. The number of aromatic nitrogens is 1. The number of alkyl halides is 5. The zero-order valence-corrected chi connectivity index (χ0v) is 12.4. The second-order valence-electron chi connectivity index (χ2n) is 5.52. The van der Waals surface area contributed by atoms with E-state index in [-0.39, 0.29) is 37.7 Å². The van der Waals surface area contributed by atoms with Crippen molar-refractivity contribution in [2.45, 2.75) is 32.2 Å². The van der Waals surface area contributed by atoms with Crippen LogP contribution in [0.25, 0.3) is 0 Å². The number of rotatable bonds is 6. The maximum atomic E-state index is 12.3. The van der Waals surface area contributed by atoms with Crippen LogP contribution in [0, 0.1) is 11.8 Å². The van der Waals surface area contributed by atoms with E-state index in [1.807, 2.05) is 0 Å². The molecule has 0 unspecified atom stereocenters. The van der Waals surface area contributed by atoms with E-state index in [1.165, 1.54) is 18.3 Å². The van der Waals surface area contributed by atoms with Crippen LogP contribution >= 0.6 is 0 Å². The summed E-state index contributed by atoms with van der Waals surface area (Å²) in [6.45, 7) is -2.79. The standard InChI is InChI=1S/C14H16F5N3O2/c15-12(16)24-11-5-8(1-2-20-11)6-21-13(23)22-7-9-3-10(4-9)14(17,18)19/h1-2,5,9-10,12H,3-4,6-7H2,(H2,21,22,23)/t9-,10+. The number of pyridine rings is 1. The molecule has 0 radical (unpaired) electrons. The van der Waals surface area contributed by atoms with Gasteiger partial charge in [-0.15, -0.1) is 0 Å². The molecule has 1 aliphatic rings. The van der Waals surface area contributed by atoms with E-state index in [4.69, 9.17) is 0 Å². The van der Waals surface area contributed by atoms with Crippen LogP contribution in [0.1, 0.15) is 18.4 Å². The van der Waals surface area contributed by atoms with Crippen LogP contribution in [-0.2, 0) is 6.54 Å². The van der Waals surface area contributed by atoms with Crippen molar-refractivity contribution in [3.63, 3.8) is 0 Å². The van der Waals surface area contributed by atoms with Crippen molar-refractivity contribution < 1.29 is 31.5 Å². The van der Waals surface area contributed by atoms with Gasteiger partial charge in [0.25, 0.3) is 0 Å². The van der Waals surface area contributed by atoms with Crippen molar-refractivity contribution in [1.82, 2.24) is 15.6 Å². The highest BCUT2D eigenvalue weighted by molar-refractivity contribution is 5.73. The molecule has 2 amide bonds. The van der Waals surface area contributed by atoms with Gasteiger partial charge in [-0.05, 0) is 30.4 Å². The van der Waals surface area contributed by atoms with Gasteiger partial charge in [-0.3, -0.25) is 0 Å². The fourth-order valence-corrected chi connectivity index (χ4v) is 2.37. The van der Waals surface area contributed by atoms with Crippen LogP contribution in [0.4, 0.5) is 26.7 Å². The smallest absolute Gasteiger partial charge is 0.391 e. The molecule has 0 aromatic carbocycles. The zero-order valence-electron chi connectivity index (χ0n) is 12.4. The number of carbonyl (C=O) groups is 1. The van der Waals surface area contributed by atoms with Crippen LogP contribution in [0.2, 0.25) is 0 Å². The molecular formula is C14H16F5N3O2. The molecule has 2 N–H and O–H groups in total. The summed E-state index contributed by atoms with van der Waals surface area (Å²) >= 11 is 0. The zero-order chi connectivity index (χ0) is 17.7. The highest BCUT2D eigenvalue weighted by Gasteiger charge is 2.47. The van der Waals surface area contributed by atoms with Gasteiger partial charge in [0.05, 0.1) is 5.92 Å². The predicted molar refractivity (Wildman–Crippen MR) is 73.4 cm³/mol. The molecule has 0 aliphatic heterocycles. The van der Waals surface area contributed by atoms with Crippen molar-refractivity contribution in [2.75, 3.05) is 6.54 Å². The largest absolute Gasteiger partial charge is 0.417 e. The van der Waals surface area contributed by atoms with Crippen LogP contribution < -0.4 is 15.4 Å². The quantitative estimate of drug-likeness (QED) is 0.773. The summed E-state index contributed by atoms with van der Waals surface area (Å²) in [5, 5.41) is 4.97. The van der Waals surface area contributed by atoms with E-state index in [1.54, 1.807) is 0 Å². The number of urea groups is 1. The van der Waals surface area contributed by atoms with E-state index in [9.17, 15) is 26.7 Å². The number of hydrogen-bond acceptors (Lipinski definition) is 3. The molecule has 0 bridgehead atoms. The number of amides is 2. The first-order valence-electron chi connectivity index (χ1n) is 7.22. The van der Waals surface area contributed by atoms with Crippen LogP contribution in [0.15, 0.2) is 18.3 Å². The van der Waals surface area contributed by atoms with E-state index < -0.39 is 24.7 Å². The third-order valence-electron chi connectivity index (χ3n) is 3.71. The van der Waals surface area contributed by atoms with Gasteiger partial charge in [0.2, 0.25) is 5.88 Å². The molecule has 24 heavy (non-hydrogen) atoms. The molecule has 0 atom stereocenters. The summed E-state index contributed by atoms with van der Waals surface area (Å²) in [6.07, 6.45) is -2.87. The number of ether oxygens (including phenoxy) is 1. The fraction of sp³-hybridized carbons (Fsp3) is 0.571. The summed E-state index contributed by atoms with van der Waals surface area (Å²) in [7, 11) is 0. The van der Waals surface area contributed by atoms with Gasteiger partial charge in [0.1, 0.15) is 0 Å². The highest BCUT2D eigenvalue weighted by Crippen LogP contribution is 2.44. The first-order chi connectivity index (χ1) is 11.2. The normalized spacial score (nSPS) is 20.4. The summed E-state index contributed by atoms with van der Waals surface area (Å²) in [6, 6.07) is 2.23. The molecule has 1 fully saturated rings. The lowest BCUT2D eigenvalue weighted by Crippen LogP contribution is -2.44. The van der Waals surface area contributed by atoms with Gasteiger partial charge in [-0.1, -0.05) is 0 Å². The van der Waals surface area contributed by atoms with E-state index in [0.29, 0.717) is 5.56 Å². The van der Waals surface area contributed by atoms with Gasteiger partial charge >= 0.3 is 18.8 Å². The Morgan fingerprint density at radius 3 is 2.67 bits per heavy atom. The van der Waals surface area contributed by atoms with Gasteiger partial charge in [0.15, 0.2) is 0 Å². The lowest BCUT2D eigenvalue weighted by molar-refractivity contribution is -0.203. The second-order valence-corrected chi connectivity index (χ2v) is 5.52. The number of carbonyl (C=O) groups excluding carboxylic acids is 1. The molecule has 2 rings (SSSR count). The number of halogens is 5. The maximum Gasteiger partial charge on any atom is 0.391 e. The van der Waals surface area contributed by atoms with E-state index >= 15 is 0 Å². The third-order valence-corrected chi connectivity index (χ3v) is 3.71. The fourth-order valence-electron chi connectivity index (χ4n) is 2.37. The Hall–Kier alpha value is -2.13. The predicted octanol–water partition coefficient (Wildman–Crippen LogP) is 3.07. The van der Waals surface area contributed by atoms with Gasteiger partial charge in [0, 0.05) is 25.4 Å². The Bertz CT molecular complexity index is 562.